The van der Waals surface area contributed by atoms with Gasteiger partial charge in [0.05, 0.1) is 19.9 Å². The maximum Gasteiger partial charge on any atom is 0.216 e. The molecule has 5 heteroatoms. The van der Waals surface area contributed by atoms with Crippen molar-refractivity contribution >= 4 is 5.91 Å². The fourth-order valence-electron chi connectivity index (χ4n) is 2.40. The minimum absolute atomic E-state index is 0.0740. The fourth-order valence-corrected chi connectivity index (χ4v) is 2.40. The van der Waals surface area contributed by atoms with Gasteiger partial charge in [0.15, 0.2) is 11.5 Å². The van der Waals surface area contributed by atoms with E-state index in [1.54, 1.807) is 13.4 Å². The van der Waals surface area contributed by atoms with Crippen LogP contribution in [0.4, 0.5) is 0 Å². The molecule has 1 amide bonds. The molecule has 0 radical (unpaired) electrons. The number of ether oxygens (including phenoxy) is 2. The van der Waals surface area contributed by atoms with Crippen molar-refractivity contribution in [2.45, 2.75) is 26.7 Å². The summed E-state index contributed by atoms with van der Waals surface area (Å²) >= 11 is 0. The van der Waals surface area contributed by atoms with Gasteiger partial charge in [-0.2, -0.15) is 0 Å². The Balaban J connectivity index is 2.26. The van der Waals surface area contributed by atoms with Crippen LogP contribution in [0.15, 0.2) is 34.9 Å². The van der Waals surface area contributed by atoms with E-state index in [-0.39, 0.29) is 5.91 Å². The number of benzene rings is 1. The van der Waals surface area contributed by atoms with Gasteiger partial charge < -0.3 is 19.2 Å². The Kier molecular flexibility index (Phi) is 6.09. The van der Waals surface area contributed by atoms with E-state index in [2.05, 4.69) is 12.2 Å². The summed E-state index contributed by atoms with van der Waals surface area (Å²) in [5, 5.41) is 2.70. The maximum atomic E-state index is 10.9. The number of furan rings is 1. The topological polar surface area (TPSA) is 60.7 Å². The zero-order chi connectivity index (χ0) is 16.7. The largest absolute Gasteiger partial charge is 0.493 e. The summed E-state index contributed by atoms with van der Waals surface area (Å²) in [6.45, 7) is 4.44. The van der Waals surface area contributed by atoms with Crippen LogP contribution >= 0.6 is 0 Å². The lowest BCUT2D eigenvalue weighted by molar-refractivity contribution is -0.119. The average Bonchev–Trinajstić information content (AvgIpc) is 3.06. The van der Waals surface area contributed by atoms with Crippen LogP contribution in [0.3, 0.4) is 0 Å². The lowest BCUT2D eigenvalue weighted by Crippen LogP contribution is -2.25. The molecule has 0 atom stereocenters. The third kappa shape index (κ3) is 4.52. The van der Waals surface area contributed by atoms with E-state index in [1.165, 1.54) is 6.92 Å². The van der Waals surface area contributed by atoms with E-state index in [1.807, 2.05) is 24.3 Å². The van der Waals surface area contributed by atoms with E-state index in [0.717, 1.165) is 29.7 Å². The highest BCUT2D eigenvalue weighted by Crippen LogP contribution is 2.36. The molecule has 0 saturated carbocycles. The molecular weight excluding hydrogens is 294 g/mol. The van der Waals surface area contributed by atoms with Crippen LogP contribution in [0.1, 0.15) is 25.8 Å². The molecular formula is C18H23NO4. The lowest BCUT2D eigenvalue weighted by Gasteiger charge is -2.15. The first-order chi connectivity index (χ1) is 11.2. The third-order valence-corrected chi connectivity index (χ3v) is 3.43. The Bertz CT molecular complexity index is 635. The van der Waals surface area contributed by atoms with Gasteiger partial charge in [0.2, 0.25) is 5.91 Å². The minimum atomic E-state index is -0.0740. The SMILES string of the molecule is CCCc1cc(OC)c(OCCNC(C)=O)cc1-c1ccco1. The molecule has 2 rings (SSSR count). The average molecular weight is 317 g/mol. The van der Waals surface area contributed by atoms with Crippen molar-refractivity contribution in [2.75, 3.05) is 20.3 Å². The molecule has 0 aliphatic rings. The van der Waals surface area contributed by atoms with Crippen LogP contribution in [0, 0.1) is 0 Å². The molecule has 0 aliphatic heterocycles. The zero-order valence-corrected chi connectivity index (χ0v) is 13.8. The van der Waals surface area contributed by atoms with Crippen LogP contribution < -0.4 is 14.8 Å². The molecule has 0 bridgehead atoms. The predicted octanol–water partition coefficient (Wildman–Crippen LogP) is 3.42. The second-order valence-electron chi connectivity index (χ2n) is 5.22. The van der Waals surface area contributed by atoms with E-state index in [4.69, 9.17) is 13.9 Å². The summed E-state index contributed by atoms with van der Waals surface area (Å²) in [5.41, 5.74) is 2.17. The molecule has 1 aromatic heterocycles. The molecule has 1 heterocycles. The Hall–Kier alpha value is -2.43. The maximum absolute atomic E-state index is 10.9. The van der Waals surface area contributed by atoms with Crippen LogP contribution in [-0.2, 0) is 11.2 Å². The number of amides is 1. The van der Waals surface area contributed by atoms with Crippen molar-refractivity contribution in [3.63, 3.8) is 0 Å². The Morgan fingerprint density at radius 3 is 2.74 bits per heavy atom. The number of carbonyl (C=O) groups excluding carboxylic acids is 1. The lowest BCUT2D eigenvalue weighted by atomic mass is 10.00. The molecule has 5 nitrogen and oxygen atoms in total. The van der Waals surface area contributed by atoms with Gasteiger partial charge in [-0.05, 0) is 36.2 Å². The van der Waals surface area contributed by atoms with Gasteiger partial charge in [0, 0.05) is 12.5 Å². The summed E-state index contributed by atoms with van der Waals surface area (Å²) in [7, 11) is 1.62. The summed E-state index contributed by atoms with van der Waals surface area (Å²) < 4.78 is 16.7. The van der Waals surface area contributed by atoms with Crippen molar-refractivity contribution < 1.29 is 18.7 Å². The van der Waals surface area contributed by atoms with Crippen molar-refractivity contribution in [3.8, 4) is 22.8 Å². The number of carbonyl (C=O) groups is 1. The summed E-state index contributed by atoms with van der Waals surface area (Å²) in [6, 6.07) is 7.74. The molecule has 2 aromatic rings. The number of methoxy groups -OCH3 is 1. The first-order valence-electron chi connectivity index (χ1n) is 7.77. The van der Waals surface area contributed by atoms with Crippen LogP contribution in [-0.4, -0.2) is 26.2 Å². The highest BCUT2D eigenvalue weighted by atomic mass is 16.5. The second-order valence-corrected chi connectivity index (χ2v) is 5.22. The Morgan fingerprint density at radius 1 is 1.30 bits per heavy atom. The minimum Gasteiger partial charge on any atom is -0.493 e. The van der Waals surface area contributed by atoms with E-state index in [9.17, 15) is 4.79 Å². The van der Waals surface area contributed by atoms with Gasteiger partial charge in [-0.3, -0.25) is 4.79 Å². The zero-order valence-electron chi connectivity index (χ0n) is 13.8. The molecule has 0 saturated heterocycles. The van der Waals surface area contributed by atoms with E-state index in [0.29, 0.717) is 24.7 Å². The van der Waals surface area contributed by atoms with Crippen molar-refractivity contribution in [2.24, 2.45) is 0 Å². The Labute approximate surface area is 136 Å². The first kappa shape index (κ1) is 16.9. The fraction of sp³-hybridized carbons (Fsp3) is 0.389. The van der Waals surface area contributed by atoms with Crippen LogP contribution in [0.2, 0.25) is 0 Å². The quantitative estimate of drug-likeness (QED) is 0.758. The smallest absolute Gasteiger partial charge is 0.216 e. The number of rotatable bonds is 8. The number of hydrogen-bond donors (Lipinski definition) is 1. The highest BCUT2D eigenvalue weighted by molar-refractivity contribution is 5.72. The third-order valence-electron chi connectivity index (χ3n) is 3.43. The van der Waals surface area contributed by atoms with E-state index < -0.39 is 0 Å². The summed E-state index contributed by atoms with van der Waals surface area (Å²) in [4.78, 5) is 10.9. The van der Waals surface area contributed by atoms with Crippen molar-refractivity contribution in [3.05, 3.63) is 36.1 Å². The molecule has 0 spiro atoms. The van der Waals surface area contributed by atoms with Crippen LogP contribution in [0.25, 0.3) is 11.3 Å². The number of hydrogen-bond acceptors (Lipinski definition) is 4. The Morgan fingerprint density at radius 2 is 2.13 bits per heavy atom. The highest BCUT2D eigenvalue weighted by Gasteiger charge is 2.14. The van der Waals surface area contributed by atoms with Crippen LogP contribution in [0.5, 0.6) is 11.5 Å². The summed E-state index contributed by atoms with van der Waals surface area (Å²) in [6.07, 6.45) is 3.62. The molecule has 0 unspecified atom stereocenters. The summed E-state index contributed by atoms with van der Waals surface area (Å²) in [5.74, 6) is 2.06. The standard InChI is InChI=1S/C18H23NO4/c1-4-6-14-11-17(21-3)18(23-10-8-19-13(2)20)12-15(14)16-7-5-9-22-16/h5,7,9,11-12H,4,6,8,10H2,1-3H3,(H,19,20). The monoisotopic (exact) mass is 317 g/mol. The molecule has 0 fully saturated rings. The normalized spacial score (nSPS) is 10.4. The second kappa shape index (κ2) is 8.27. The van der Waals surface area contributed by atoms with Gasteiger partial charge in [0.1, 0.15) is 12.4 Å². The predicted molar refractivity (Wildman–Crippen MR) is 88.9 cm³/mol. The number of aryl methyl sites for hydroxylation is 1. The van der Waals surface area contributed by atoms with Gasteiger partial charge >= 0.3 is 0 Å². The molecule has 1 aromatic carbocycles. The van der Waals surface area contributed by atoms with Gasteiger partial charge in [0.25, 0.3) is 0 Å². The molecule has 23 heavy (non-hydrogen) atoms. The van der Waals surface area contributed by atoms with E-state index >= 15 is 0 Å². The first-order valence-corrected chi connectivity index (χ1v) is 7.77. The van der Waals surface area contributed by atoms with Crippen molar-refractivity contribution in [1.29, 1.82) is 0 Å². The van der Waals surface area contributed by atoms with Crippen molar-refractivity contribution in [1.82, 2.24) is 5.32 Å². The van der Waals surface area contributed by atoms with Gasteiger partial charge in [-0.15, -0.1) is 0 Å². The molecule has 0 aliphatic carbocycles. The van der Waals surface area contributed by atoms with Gasteiger partial charge in [-0.25, -0.2) is 0 Å². The number of nitrogens with one attached hydrogen (secondary N) is 1. The molecule has 124 valence electrons. The molecule has 1 N–H and O–H groups in total. The van der Waals surface area contributed by atoms with Gasteiger partial charge in [-0.1, -0.05) is 13.3 Å².